The average molecular weight is 348 g/mol. The maximum atomic E-state index is 13.6. The summed E-state index contributed by atoms with van der Waals surface area (Å²) in [5, 5.41) is 14.4. The van der Waals surface area contributed by atoms with Crippen molar-refractivity contribution >= 4 is 17.5 Å². The molecule has 2 aromatic carbocycles. The van der Waals surface area contributed by atoms with Gasteiger partial charge in [-0.1, -0.05) is 12.1 Å². The van der Waals surface area contributed by atoms with Crippen LogP contribution in [-0.4, -0.2) is 23.5 Å². The maximum Gasteiger partial charge on any atom is 0.313 e. The van der Waals surface area contributed by atoms with Gasteiger partial charge in [-0.25, -0.2) is 8.78 Å². The van der Waals surface area contributed by atoms with E-state index in [4.69, 9.17) is 0 Å². The summed E-state index contributed by atoms with van der Waals surface area (Å²) in [5.41, 5.74) is 1.73. The van der Waals surface area contributed by atoms with Crippen LogP contribution < -0.4 is 10.6 Å². The summed E-state index contributed by atoms with van der Waals surface area (Å²) in [6.45, 7) is 3.20. The van der Waals surface area contributed by atoms with Gasteiger partial charge in [0.05, 0.1) is 5.56 Å². The van der Waals surface area contributed by atoms with Crippen molar-refractivity contribution in [3.05, 3.63) is 64.7 Å². The Morgan fingerprint density at radius 1 is 1.04 bits per heavy atom. The predicted octanol–water partition coefficient (Wildman–Crippen LogP) is 2.37. The fraction of sp³-hybridized carbons (Fsp3) is 0.222. The lowest BCUT2D eigenvalue weighted by Crippen LogP contribution is -2.37. The number of hydrogen-bond acceptors (Lipinski definition) is 3. The van der Waals surface area contributed by atoms with Crippen LogP contribution in [0.3, 0.4) is 0 Å². The normalized spacial score (nSPS) is 11.7. The minimum atomic E-state index is -1.61. The third-order valence-corrected chi connectivity index (χ3v) is 3.47. The summed E-state index contributed by atoms with van der Waals surface area (Å²) in [4.78, 5) is 23.7. The Morgan fingerprint density at radius 2 is 1.60 bits per heavy atom. The van der Waals surface area contributed by atoms with E-state index < -0.39 is 41.7 Å². The zero-order valence-electron chi connectivity index (χ0n) is 13.8. The molecule has 7 heteroatoms. The first kappa shape index (κ1) is 18.5. The summed E-state index contributed by atoms with van der Waals surface area (Å²) in [5.74, 6) is -3.82. The zero-order valence-corrected chi connectivity index (χ0v) is 13.8. The highest BCUT2D eigenvalue weighted by atomic mass is 19.1. The van der Waals surface area contributed by atoms with E-state index in [-0.39, 0.29) is 0 Å². The number of rotatable bonds is 4. The molecule has 0 aromatic heterocycles. The summed E-state index contributed by atoms with van der Waals surface area (Å²) >= 11 is 0. The number of amides is 2. The Morgan fingerprint density at radius 3 is 2.16 bits per heavy atom. The van der Waals surface area contributed by atoms with Gasteiger partial charge in [0.15, 0.2) is 0 Å². The van der Waals surface area contributed by atoms with Crippen LogP contribution in [0.15, 0.2) is 36.4 Å². The Balaban J connectivity index is 1.96. The molecule has 0 bridgehead atoms. The highest BCUT2D eigenvalue weighted by Gasteiger charge is 2.20. The average Bonchev–Trinajstić information content (AvgIpc) is 2.51. The van der Waals surface area contributed by atoms with Gasteiger partial charge in [-0.3, -0.25) is 9.59 Å². The van der Waals surface area contributed by atoms with Crippen LogP contribution in [-0.2, 0) is 9.59 Å². The molecule has 0 aliphatic heterocycles. The number of aryl methyl sites for hydroxylation is 2. The molecule has 5 nitrogen and oxygen atoms in total. The molecule has 0 radical (unpaired) electrons. The molecule has 0 aliphatic rings. The molecule has 0 saturated carbocycles. The second-order valence-corrected chi connectivity index (χ2v) is 5.69. The van der Waals surface area contributed by atoms with Crippen molar-refractivity contribution < 1.29 is 23.5 Å². The number of hydrogen-bond donors (Lipinski definition) is 3. The fourth-order valence-electron chi connectivity index (χ4n) is 2.44. The van der Waals surface area contributed by atoms with Gasteiger partial charge in [-0.15, -0.1) is 0 Å². The lowest BCUT2D eigenvalue weighted by atomic mass is 10.1. The summed E-state index contributed by atoms with van der Waals surface area (Å²) in [6.07, 6.45) is -1.61. The van der Waals surface area contributed by atoms with Crippen LogP contribution in [0.25, 0.3) is 0 Å². The molecule has 0 saturated heterocycles. The Hall–Kier alpha value is -2.80. The van der Waals surface area contributed by atoms with E-state index in [1.54, 1.807) is 12.1 Å². The largest absolute Gasteiger partial charge is 0.386 e. The highest BCUT2D eigenvalue weighted by molar-refractivity contribution is 6.39. The van der Waals surface area contributed by atoms with Crippen molar-refractivity contribution in [1.29, 1.82) is 0 Å². The van der Waals surface area contributed by atoms with E-state index in [1.807, 2.05) is 19.9 Å². The van der Waals surface area contributed by atoms with Gasteiger partial charge >= 0.3 is 11.8 Å². The molecule has 132 valence electrons. The maximum absolute atomic E-state index is 13.6. The standard InChI is InChI=1S/C18H18F2N2O3/c1-10-6-11(2)8-12(7-10)22-18(25)17(24)21-9-15(23)16-13(19)4-3-5-14(16)20/h3-8,15,23H,9H2,1-2H3,(H,21,24)(H,22,25)/t15-/m0/s1. The monoisotopic (exact) mass is 348 g/mol. The highest BCUT2D eigenvalue weighted by Crippen LogP contribution is 2.20. The van der Waals surface area contributed by atoms with Crippen LogP contribution >= 0.6 is 0 Å². The van der Waals surface area contributed by atoms with Crippen LogP contribution in [0.1, 0.15) is 22.8 Å². The second kappa shape index (κ2) is 7.85. The van der Waals surface area contributed by atoms with Gasteiger partial charge < -0.3 is 15.7 Å². The molecule has 0 heterocycles. The molecular weight excluding hydrogens is 330 g/mol. The fourth-order valence-corrected chi connectivity index (χ4v) is 2.44. The minimum Gasteiger partial charge on any atom is -0.386 e. The summed E-state index contributed by atoms with van der Waals surface area (Å²) < 4.78 is 27.1. The number of halogens is 2. The first-order valence-electron chi connectivity index (χ1n) is 7.57. The third kappa shape index (κ3) is 4.84. The van der Waals surface area contributed by atoms with E-state index in [1.165, 1.54) is 0 Å². The van der Waals surface area contributed by atoms with Crippen molar-refractivity contribution in [3.8, 4) is 0 Å². The molecule has 0 unspecified atom stereocenters. The molecule has 3 N–H and O–H groups in total. The van der Waals surface area contributed by atoms with Gasteiger partial charge in [0.25, 0.3) is 0 Å². The van der Waals surface area contributed by atoms with Crippen LogP contribution in [0.5, 0.6) is 0 Å². The number of aliphatic hydroxyl groups is 1. The number of carbonyl (C=O) groups excluding carboxylic acids is 2. The van der Waals surface area contributed by atoms with Crippen LogP contribution in [0.2, 0.25) is 0 Å². The first-order valence-corrected chi connectivity index (χ1v) is 7.57. The van der Waals surface area contributed by atoms with Crippen LogP contribution in [0, 0.1) is 25.5 Å². The minimum absolute atomic E-state index is 0.457. The van der Waals surface area contributed by atoms with Gasteiger partial charge in [0.2, 0.25) is 0 Å². The van der Waals surface area contributed by atoms with Gasteiger partial charge in [-0.2, -0.15) is 0 Å². The summed E-state index contributed by atoms with van der Waals surface area (Å²) in [6, 6.07) is 8.46. The molecule has 0 spiro atoms. The SMILES string of the molecule is Cc1cc(C)cc(NC(=O)C(=O)NC[C@H](O)c2c(F)cccc2F)c1. The van der Waals surface area contributed by atoms with E-state index in [2.05, 4.69) is 10.6 Å². The Bertz CT molecular complexity index is 768. The molecule has 0 fully saturated rings. The lowest BCUT2D eigenvalue weighted by Gasteiger charge is -2.14. The van der Waals surface area contributed by atoms with Crippen molar-refractivity contribution in [2.24, 2.45) is 0 Å². The topological polar surface area (TPSA) is 78.4 Å². The quantitative estimate of drug-likeness (QED) is 0.743. The Labute approximate surface area is 143 Å². The number of aliphatic hydroxyl groups excluding tert-OH is 1. The third-order valence-electron chi connectivity index (χ3n) is 3.47. The van der Waals surface area contributed by atoms with Crippen molar-refractivity contribution in [1.82, 2.24) is 5.32 Å². The van der Waals surface area contributed by atoms with Gasteiger partial charge in [0, 0.05) is 12.2 Å². The number of anilines is 1. The van der Waals surface area contributed by atoms with Crippen molar-refractivity contribution in [2.45, 2.75) is 20.0 Å². The molecular formula is C18H18F2N2O3. The number of benzene rings is 2. The zero-order chi connectivity index (χ0) is 18.6. The lowest BCUT2D eigenvalue weighted by molar-refractivity contribution is -0.136. The van der Waals surface area contributed by atoms with E-state index >= 15 is 0 Å². The molecule has 25 heavy (non-hydrogen) atoms. The molecule has 1 atom stereocenters. The molecule has 0 aliphatic carbocycles. The summed E-state index contributed by atoms with van der Waals surface area (Å²) in [7, 11) is 0. The Kier molecular flexibility index (Phi) is 5.82. The molecule has 2 amide bonds. The predicted molar refractivity (Wildman–Crippen MR) is 88.9 cm³/mol. The van der Waals surface area contributed by atoms with Crippen molar-refractivity contribution in [2.75, 3.05) is 11.9 Å². The molecule has 2 aromatic rings. The van der Waals surface area contributed by atoms with E-state index in [0.29, 0.717) is 5.69 Å². The van der Waals surface area contributed by atoms with Crippen LogP contribution in [0.4, 0.5) is 14.5 Å². The van der Waals surface area contributed by atoms with E-state index in [0.717, 1.165) is 29.3 Å². The van der Waals surface area contributed by atoms with E-state index in [9.17, 15) is 23.5 Å². The molecule has 2 rings (SSSR count). The number of nitrogens with one attached hydrogen (secondary N) is 2. The van der Waals surface area contributed by atoms with Gasteiger partial charge in [-0.05, 0) is 49.2 Å². The first-order chi connectivity index (χ1) is 11.8. The van der Waals surface area contributed by atoms with Gasteiger partial charge in [0.1, 0.15) is 17.7 Å². The number of carbonyl (C=O) groups is 2. The smallest absolute Gasteiger partial charge is 0.313 e. The second-order valence-electron chi connectivity index (χ2n) is 5.69. The van der Waals surface area contributed by atoms with Crippen molar-refractivity contribution in [3.63, 3.8) is 0 Å².